The Morgan fingerprint density at radius 2 is 2.11 bits per heavy atom. The number of aryl methyl sites for hydroxylation is 1. The molecule has 0 spiro atoms. The first kappa shape index (κ1) is 22.6. The molecular weight excluding hydrogens is 446 g/mol. The fourth-order valence-electron chi connectivity index (χ4n) is 4.37. The summed E-state index contributed by atoms with van der Waals surface area (Å²) in [7, 11) is 1.54. The van der Waals surface area contributed by atoms with Gasteiger partial charge >= 0.3 is 5.97 Å². The maximum atomic E-state index is 11.6. The molecule has 9 heteroatoms. The Morgan fingerprint density at radius 3 is 2.91 bits per heavy atom. The summed E-state index contributed by atoms with van der Waals surface area (Å²) in [5, 5.41) is 18.2. The Hall–Kier alpha value is -4.14. The number of hydrogen-bond acceptors (Lipinski definition) is 7. The van der Waals surface area contributed by atoms with Crippen LogP contribution >= 0.6 is 0 Å². The van der Waals surface area contributed by atoms with Gasteiger partial charge in [0, 0.05) is 36.3 Å². The van der Waals surface area contributed by atoms with Crippen molar-refractivity contribution in [2.45, 2.75) is 31.7 Å². The average molecular weight is 474 g/mol. The molecule has 0 unspecified atom stereocenters. The first-order chi connectivity index (χ1) is 17.1. The number of anilines is 1. The fourth-order valence-corrected chi connectivity index (χ4v) is 4.37. The zero-order valence-electron chi connectivity index (χ0n) is 19.5. The molecule has 0 bridgehead atoms. The van der Waals surface area contributed by atoms with E-state index in [-0.39, 0.29) is 6.42 Å². The van der Waals surface area contributed by atoms with Gasteiger partial charge in [0.25, 0.3) is 0 Å². The number of carbonyl (C=O) groups is 1. The topological polar surface area (TPSA) is 111 Å². The van der Waals surface area contributed by atoms with E-state index in [1.165, 1.54) is 12.7 Å². The number of carboxylic acid groups (broad SMARTS) is 1. The van der Waals surface area contributed by atoms with Gasteiger partial charge in [-0.3, -0.25) is 9.48 Å². The van der Waals surface area contributed by atoms with Crippen LogP contribution in [0.4, 0.5) is 5.82 Å². The highest BCUT2D eigenvalue weighted by Gasteiger charge is 2.21. The zero-order chi connectivity index (χ0) is 24.2. The molecule has 1 aliphatic heterocycles. The van der Waals surface area contributed by atoms with Crippen LogP contribution in [0, 0.1) is 0 Å². The van der Waals surface area contributed by atoms with Crippen LogP contribution < -0.4 is 14.8 Å². The first-order valence-electron chi connectivity index (χ1n) is 11.6. The van der Waals surface area contributed by atoms with E-state index in [9.17, 15) is 9.90 Å². The van der Waals surface area contributed by atoms with E-state index in [0.29, 0.717) is 18.9 Å². The van der Waals surface area contributed by atoms with Crippen molar-refractivity contribution in [3.63, 3.8) is 0 Å². The maximum Gasteiger partial charge on any atom is 0.305 e. The third kappa shape index (κ3) is 5.03. The molecule has 0 saturated carbocycles. The van der Waals surface area contributed by atoms with Crippen molar-refractivity contribution in [3.8, 4) is 11.6 Å². The number of nitrogens with zero attached hydrogens (tertiary/aromatic N) is 4. The van der Waals surface area contributed by atoms with Crippen molar-refractivity contribution >= 4 is 22.7 Å². The molecule has 4 aromatic rings. The molecule has 3 aromatic heterocycles. The standard InChI is InChI=1S/C26H27N5O4/c1-34-24-9-5-18(15-28-24)23(14-25(32)33)31-22-8-7-21(13-19(22)16-29-31)35-12-10-20-6-4-17-3-2-11-27-26(17)30-20/h4-9,13,15-16,23H,2-3,10-12,14H2,1H3,(H,27,30)(H,32,33)/t23-/m1/s1. The van der Waals surface area contributed by atoms with Crippen LogP contribution in [-0.4, -0.2) is 51.1 Å². The van der Waals surface area contributed by atoms with Gasteiger partial charge < -0.3 is 19.9 Å². The monoisotopic (exact) mass is 473 g/mol. The summed E-state index contributed by atoms with van der Waals surface area (Å²) in [5.74, 6) is 1.27. The van der Waals surface area contributed by atoms with E-state index in [2.05, 4.69) is 27.5 Å². The Morgan fingerprint density at radius 1 is 1.20 bits per heavy atom. The van der Waals surface area contributed by atoms with Crippen molar-refractivity contribution in [1.29, 1.82) is 0 Å². The van der Waals surface area contributed by atoms with E-state index in [1.54, 1.807) is 23.1 Å². The molecule has 2 N–H and O–H groups in total. The van der Waals surface area contributed by atoms with Gasteiger partial charge in [-0.2, -0.15) is 5.10 Å². The van der Waals surface area contributed by atoms with Gasteiger partial charge in [-0.15, -0.1) is 0 Å². The number of benzene rings is 1. The summed E-state index contributed by atoms with van der Waals surface area (Å²) >= 11 is 0. The quantitative estimate of drug-likeness (QED) is 0.377. The maximum absolute atomic E-state index is 11.6. The minimum Gasteiger partial charge on any atom is -0.493 e. The summed E-state index contributed by atoms with van der Waals surface area (Å²) in [6.45, 7) is 1.47. The number of hydrogen-bond donors (Lipinski definition) is 2. The predicted molar refractivity (Wildman–Crippen MR) is 131 cm³/mol. The van der Waals surface area contributed by atoms with Gasteiger partial charge in [0.05, 0.1) is 37.9 Å². The lowest BCUT2D eigenvalue weighted by atomic mass is 10.1. The van der Waals surface area contributed by atoms with Crippen LogP contribution in [0.5, 0.6) is 11.6 Å². The van der Waals surface area contributed by atoms with E-state index < -0.39 is 12.0 Å². The van der Waals surface area contributed by atoms with Crippen LogP contribution in [0.25, 0.3) is 10.9 Å². The highest BCUT2D eigenvalue weighted by Crippen LogP contribution is 2.29. The van der Waals surface area contributed by atoms with Gasteiger partial charge in [-0.05, 0) is 54.3 Å². The van der Waals surface area contributed by atoms with Crippen molar-refractivity contribution in [3.05, 3.63) is 71.7 Å². The van der Waals surface area contributed by atoms with Gasteiger partial charge in [0.15, 0.2) is 0 Å². The van der Waals surface area contributed by atoms with E-state index >= 15 is 0 Å². The molecule has 0 radical (unpaired) electrons. The minimum atomic E-state index is -0.916. The highest BCUT2D eigenvalue weighted by molar-refractivity contribution is 5.81. The molecule has 5 rings (SSSR count). The van der Waals surface area contributed by atoms with Crippen molar-refractivity contribution in [2.24, 2.45) is 0 Å². The van der Waals surface area contributed by atoms with Crippen LogP contribution in [-0.2, 0) is 17.6 Å². The predicted octanol–water partition coefficient (Wildman–Crippen LogP) is 3.88. The molecule has 1 atom stereocenters. The Balaban J connectivity index is 1.30. The van der Waals surface area contributed by atoms with Gasteiger partial charge in [0.1, 0.15) is 11.6 Å². The van der Waals surface area contributed by atoms with Crippen molar-refractivity contribution in [1.82, 2.24) is 19.7 Å². The van der Waals surface area contributed by atoms with Crippen LogP contribution in [0.1, 0.15) is 35.7 Å². The highest BCUT2D eigenvalue weighted by atomic mass is 16.5. The number of carboxylic acids is 1. The van der Waals surface area contributed by atoms with Crippen LogP contribution in [0.15, 0.2) is 54.9 Å². The van der Waals surface area contributed by atoms with E-state index in [0.717, 1.165) is 53.1 Å². The normalized spacial score (nSPS) is 13.6. The summed E-state index contributed by atoms with van der Waals surface area (Å²) in [5.41, 5.74) is 3.83. The minimum absolute atomic E-state index is 0.119. The molecule has 180 valence electrons. The molecule has 35 heavy (non-hydrogen) atoms. The van der Waals surface area contributed by atoms with E-state index in [1.807, 2.05) is 24.3 Å². The molecular formula is C26H27N5O4. The molecule has 4 heterocycles. The van der Waals surface area contributed by atoms with Gasteiger partial charge in [-0.25, -0.2) is 9.97 Å². The average Bonchev–Trinajstić information content (AvgIpc) is 3.30. The summed E-state index contributed by atoms with van der Waals surface area (Å²) in [6.07, 6.45) is 6.15. The number of aliphatic carboxylic acids is 1. The smallest absolute Gasteiger partial charge is 0.305 e. The SMILES string of the molecule is COc1ccc([C@@H](CC(=O)O)n2ncc3cc(OCCc4ccc5c(n4)NCCC5)ccc32)cn1. The molecule has 0 fully saturated rings. The molecule has 0 saturated heterocycles. The fraction of sp³-hybridized carbons (Fsp3) is 0.308. The number of rotatable bonds is 9. The second-order valence-corrected chi connectivity index (χ2v) is 8.50. The third-order valence-electron chi connectivity index (χ3n) is 6.16. The Bertz CT molecular complexity index is 1340. The molecule has 1 aromatic carbocycles. The van der Waals surface area contributed by atoms with Gasteiger partial charge in [-0.1, -0.05) is 6.07 Å². The first-order valence-corrected chi connectivity index (χ1v) is 11.6. The number of nitrogens with one attached hydrogen (secondary N) is 1. The number of ether oxygens (including phenoxy) is 2. The molecule has 0 amide bonds. The zero-order valence-corrected chi connectivity index (χ0v) is 19.5. The summed E-state index contributed by atoms with van der Waals surface area (Å²) in [4.78, 5) is 20.5. The van der Waals surface area contributed by atoms with Crippen LogP contribution in [0.2, 0.25) is 0 Å². The second-order valence-electron chi connectivity index (χ2n) is 8.50. The molecule has 0 aliphatic carbocycles. The molecule has 9 nitrogen and oxygen atoms in total. The van der Waals surface area contributed by atoms with Crippen LogP contribution in [0.3, 0.4) is 0 Å². The lowest BCUT2D eigenvalue weighted by Crippen LogP contribution is -2.16. The van der Waals surface area contributed by atoms with Crippen molar-refractivity contribution < 1.29 is 19.4 Å². The number of pyridine rings is 2. The summed E-state index contributed by atoms with van der Waals surface area (Å²) in [6, 6.07) is 13.0. The molecule has 1 aliphatic rings. The number of methoxy groups -OCH3 is 1. The van der Waals surface area contributed by atoms with E-state index in [4.69, 9.17) is 14.5 Å². The third-order valence-corrected chi connectivity index (χ3v) is 6.16. The van der Waals surface area contributed by atoms with Gasteiger partial charge in [0.2, 0.25) is 5.88 Å². The largest absolute Gasteiger partial charge is 0.493 e. The Kier molecular flexibility index (Phi) is 6.47. The number of fused-ring (bicyclic) bond motifs is 2. The Labute approximate surface area is 202 Å². The summed E-state index contributed by atoms with van der Waals surface area (Å²) < 4.78 is 12.8. The van der Waals surface area contributed by atoms with Crippen molar-refractivity contribution in [2.75, 3.05) is 25.6 Å². The second kappa shape index (κ2) is 10.0. The number of aromatic nitrogens is 4. The lowest BCUT2D eigenvalue weighted by molar-refractivity contribution is -0.137. The lowest BCUT2D eigenvalue weighted by Gasteiger charge is -2.18.